The molecule has 2 aromatic heterocycles. The summed E-state index contributed by atoms with van der Waals surface area (Å²) in [7, 11) is -5.19. The van der Waals surface area contributed by atoms with E-state index in [1.807, 2.05) is 48.5 Å². The van der Waals surface area contributed by atoms with Crippen molar-refractivity contribution in [2.24, 2.45) is 0 Å². The van der Waals surface area contributed by atoms with E-state index < -0.39 is 10.4 Å². The molecule has 13 heteroatoms. The zero-order chi connectivity index (χ0) is 43.5. The van der Waals surface area contributed by atoms with Crippen LogP contribution in [0.4, 0.5) is 0 Å². The fraction of sp³-hybridized carbons (Fsp3) is 0.0833. The van der Waals surface area contributed by atoms with E-state index in [0.29, 0.717) is 0 Å². The largest absolute Gasteiger partial charge is 0.759 e. The Labute approximate surface area is 380 Å². The van der Waals surface area contributed by atoms with Crippen molar-refractivity contribution in [2.75, 3.05) is 25.0 Å². The molecule has 61 heavy (non-hydrogen) atoms. The molecule has 0 amide bonds. The molecule has 0 atom stereocenters. The Morgan fingerprint density at radius 1 is 0.377 bits per heavy atom. The number of hydrogen-bond acceptors (Lipinski definition) is 8. The lowest BCUT2D eigenvalue weighted by molar-refractivity contribution is 0.352. The molecule has 0 aliphatic rings. The summed E-state index contributed by atoms with van der Waals surface area (Å²) in [5, 5.41) is 0. The summed E-state index contributed by atoms with van der Waals surface area (Å²) in [6, 6.07) is 57.9. The van der Waals surface area contributed by atoms with Crippen molar-refractivity contribution in [3.63, 3.8) is 0 Å². The first-order chi connectivity index (χ1) is 29.3. The summed E-state index contributed by atoms with van der Waals surface area (Å²) in [5.74, 6) is 1.51. The van der Waals surface area contributed by atoms with Crippen LogP contribution in [-0.2, 0) is 32.2 Å². The van der Waals surface area contributed by atoms with E-state index in [0.717, 1.165) is 76.8 Å². The lowest BCUT2D eigenvalue weighted by Gasteiger charge is -2.13. The Hall–Kier alpha value is -4.99. The minimum absolute atomic E-state index is 0.00978. The molecule has 6 aromatic carbocycles. The normalized spacial score (nSPS) is 11.0. The van der Waals surface area contributed by atoms with Crippen LogP contribution >= 0.6 is 31.9 Å². The van der Waals surface area contributed by atoms with Gasteiger partial charge in [0, 0.05) is 74.5 Å². The van der Waals surface area contributed by atoms with Gasteiger partial charge in [-0.3, -0.25) is 8.42 Å². The third-order valence-electron chi connectivity index (χ3n) is 8.94. The van der Waals surface area contributed by atoms with E-state index >= 15 is 0 Å². The topological polar surface area (TPSA) is 132 Å². The summed E-state index contributed by atoms with van der Waals surface area (Å²) < 4.78 is 36.2. The third kappa shape index (κ3) is 12.5. The van der Waals surface area contributed by atoms with Gasteiger partial charge < -0.3 is 9.11 Å². The maximum absolute atomic E-state index is 8.52. The molecular formula is C48H40Br2N4O4S3. The molecule has 0 aliphatic heterocycles. The first-order valence-corrected chi connectivity index (χ1v) is 25.7. The van der Waals surface area contributed by atoms with Gasteiger partial charge in [0.1, 0.15) is 47.8 Å². The molecule has 0 fully saturated rings. The summed E-state index contributed by atoms with van der Waals surface area (Å²) >= 11 is 7.07. The van der Waals surface area contributed by atoms with Gasteiger partial charge in [0.2, 0.25) is 9.79 Å². The summed E-state index contributed by atoms with van der Waals surface area (Å²) in [6.45, 7) is 0. The zero-order valence-electron chi connectivity index (χ0n) is 33.6. The fourth-order valence-corrected chi connectivity index (χ4v) is 9.03. The van der Waals surface area contributed by atoms with Gasteiger partial charge in [0.25, 0.3) is 0 Å². The van der Waals surface area contributed by atoms with Crippen LogP contribution in [0.15, 0.2) is 189 Å². The molecule has 0 spiro atoms. The van der Waals surface area contributed by atoms with Crippen LogP contribution in [0.1, 0.15) is 0 Å². The Kier molecular flexibility index (Phi) is 15.8. The van der Waals surface area contributed by atoms with Gasteiger partial charge in [0.15, 0.2) is 11.6 Å². The molecule has 0 aliphatic carbocycles. The first-order valence-electron chi connectivity index (χ1n) is 18.7. The molecule has 8 aromatic rings. The maximum Gasteiger partial charge on any atom is 0.206 e. The summed E-state index contributed by atoms with van der Waals surface area (Å²) in [6.07, 6.45) is 8.93. The summed E-state index contributed by atoms with van der Waals surface area (Å²) in [5.41, 5.74) is 10.6. The molecule has 308 valence electrons. The lowest BCUT2D eigenvalue weighted by atomic mass is 10.1. The molecule has 8 nitrogen and oxygen atoms in total. The quantitative estimate of drug-likeness (QED) is 0.0835. The van der Waals surface area contributed by atoms with Gasteiger partial charge in [-0.1, -0.05) is 177 Å². The highest BCUT2D eigenvalue weighted by molar-refractivity contribution is 9.10. The summed E-state index contributed by atoms with van der Waals surface area (Å²) in [4.78, 5) is 22.5. The van der Waals surface area contributed by atoms with Crippen LogP contribution in [0.25, 0.3) is 67.8 Å². The maximum atomic E-state index is 8.52. The Bertz CT molecular complexity index is 2600. The van der Waals surface area contributed by atoms with Crippen molar-refractivity contribution in [1.82, 2.24) is 19.9 Å². The van der Waals surface area contributed by atoms with Crippen LogP contribution in [0.3, 0.4) is 0 Å². The van der Waals surface area contributed by atoms with Gasteiger partial charge in [-0.15, -0.1) is 0 Å². The lowest BCUT2D eigenvalue weighted by Crippen LogP contribution is -2.07. The predicted molar refractivity (Wildman–Crippen MR) is 258 cm³/mol. The van der Waals surface area contributed by atoms with E-state index in [-0.39, 0.29) is 21.8 Å². The average Bonchev–Trinajstić information content (AvgIpc) is 3.27. The highest BCUT2D eigenvalue weighted by atomic mass is 79.9. The van der Waals surface area contributed by atoms with Crippen molar-refractivity contribution in [1.29, 1.82) is 0 Å². The Morgan fingerprint density at radius 3 is 0.820 bits per heavy atom. The van der Waals surface area contributed by atoms with Crippen molar-refractivity contribution < 1.29 is 17.5 Å². The molecule has 0 saturated heterocycles. The standard InChI is InChI=1S/2C24H20BrN2S.H2O4S/c2*1-28(2)23-21(17-9-5-3-6-10-17)26-24(19-11-7-4-8-12-19)27-22(23)18-13-15-20(25)16-14-18;1-5(2,3)4/h2*3-16H,1-2H3;(H2,1,2,3,4)/q2*+1;/p-2. The molecule has 2 heterocycles. The molecular weight excluding hydrogens is 953 g/mol. The minimum atomic E-state index is -5.17. The second-order valence-corrected chi connectivity index (χ2v) is 20.4. The van der Waals surface area contributed by atoms with Crippen LogP contribution < -0.4 is 0 Å². The number of halogens is 2. The van der Waals surface area contributed by atoms with Crippen molar-refractivity contribution in [3.8, 4) is 67.8 Å². The smallest absolute Gasteiger partial charge is 0.206 e. The Morgan fingerprint density at radius 2 is 0.590 bits per heavy atom. The highest BCUT2D eigenvalue weighted by Crippen LogP contribution is 2.38. The molecule has 0 unspecified atom stereocenters. The van der Waals surface area contributed by atoms with Gasteiger partial charge >= 0.3 is 0 Å². The first kappa shape index (κ1) is 45.5. The van der Waals surface area contributed by atoms with Gasteiger partial charge in [-0.2, -0.15) is 0 Å². The number of aromatic nitrogens is 4. The minimum Gasteiger partial charge on any atom is -0.759 e. The van der Waals surface area contributed by atoms with Crippen molar-refractivity contribution in [2.45, 2.75) is 9.79 Å². The number of nitrogens with zero attached hydrogens (tertiary/aromatic N) is 4. The van der Waals surface area contributed by atoms with Crippen molar-refractivity contribution >= 4 is 64.0 Å². The van der Waals surface area contributed by atoms with E-state index in [9.17, 15) is 0 Å². The zero-order valence-corrected chi connectivity index (χ0v) is 39.2. The second kappa shape index (κ2) is 21.2. The monoisotopic (exact) mass is 990 g/mol. The molecule has 0 saturated carbocycles. The van der Waals surface area contributed by atoms with Crippen LogP contribution in [0.2, 0.25) is 0 Å². The van der Waals surface area contributed by atoms with Crippen LogP contribution in [0, 0.1) is 0 Å². The number of benzene rings is 6. The van der Waals surface area contributed by atoms with Crippen LogP contribution in [0.5, 0.6) is 0 Å². The second-order valence-electron chi connectivity index (χ2n) is 13.7. The van der Waals surface area contributed by atoms with E-state index in [4.69, 9.17) is 37.5 Å². The van der Waals surface area contributed by atoms with Gasteiger partial charge in [-0.05, 0) is 24.3 Å². The van der Waals surface area contributed by atoms with Gasteiger partial charge in [0.05, 0.1) is 0 Å². The molecule has 0 N–H and O–H groups in total. The van der Waals surface area contributed by atoms with Crippen molar-refractivity contribution in [3.05, 3.63) is 179 Å². The average molecular weight is 993 g/mol. The third-order valence-corrected chi connectivity index (χ3v) is 12.4. The molecule has 0 bridgehead atoms. The fourth-order valence-electron chi connectivity index (χ4n) is 6.30. The SMILES string of the molecule is C[S+](C)c1c(-c2ccccc2)nc(-c2ccccc2)nc1-c1ccc(Br)cc1.C[S+](C)c1c(-c2ccccc2)nc(-c2ccccc2)nc1-c1ccc(Br)cc1.O=S(=O)([O-])[O-]. The van der Waals surface area contributed by atoms with Gasteiger partial charge in [-0.25, -0.2) is 19.9 Å². The van der Waals surface area contributed by atoms with E-state index in [1.54, 1.807) is 0 Å². The molecule has 0 radical (unpaired) electrons. The number of hydrogen-bond donors (Lipinski definition) is 0. The van der Waals surface area contributed by atoms with E-state index in [1.165, 1.54) is 9.79 Å². The van der Waals surface area contributed by atoms with Crippen LogP contribution in [-0.4, -0.2) is 62.5 Å². The molecule has 8 rings (SSSR count). The highest BCUT2D eigenvalue weighted by Gasteiger charge is 2.28. The predicted octanol–water partition coefficient (Wildman–Crippen LogP) is 11.6. The number of rotatable bonds is 8. The Balaban J connectivity index is 0.000000184. The van der Waals surface area contributed by atoms with E-state index in [2.05, 4.69) is 178 Å².